The molecule has 0 radical (unpaired) electrons. The van der Waals surface area contributed by atoms with Gasteiger partial charge in [-0.25, -0.2) is 0 Å². The van der Waals surface area contributed by atoms with Crippen LogP contribution in [0.15, 0.2) is 35.5 Å². The molecule has 1 N–H and O–H groups in total. The van der Waals surface area contributed by atoms with Crippen molar-refractivity contribution in [3.63, 3.8) is 0 Å². The molecule has 0 spiro atoms. The van der Waals surface area contributed by atoms with Crippen LogP contribution in [0.4, 0.5) is 0 Å². The lowest BCUT2D eigenvalue weighted by Gasteiger charge is -2.25. The third-order valence-corrected chi connectivity index (χ3v) is 3.48. The number of rotatable bonds is 0. The Kier molecular flexibility index (Phi) is 5.01. The Balaban J connectivity index is 2.85. The molecule has 1 aliphatic rings. The summed E-state index contributed by atoms with van der Waals surface area (Å²) in [5, 5.41) is 10.4. The van der Waals surface area contributed by atoms with E-state index in [9.17, 15) is 5.11 Å². The van der Waals surface area contributed by atoms with Gasteiger partial charge in [-0.15, -0.1) is 0 Å². The highest BCUT2D eigenvalue weighted by atomic mass is 16.3. The van der Waals surface area contributed by atoms with Crippen molar-refractivity contribution >= 4 is 0 Å². The maximum Gasteiger partial charge on any atom is 0.0862 e. The van der Waals surface area contributed by atoms with Crippen LogP contribution in [0, 0.1) is 0 Å². The highest BCUT2D eigenvalue weighted by Crippen LogP contribution is 2.26. The summed E-state index contributed by atoms with van der Waals surface area (Å²) < 4.78 is 0. The van der Waals surface area contributed by atoms with Gasteiger partial charge in [0.05, 0.1) is 5.60 Å². The lowest BCUT2D eigenvalue weighted by molar-refractivity contribution is 0.101. The van der Waals surface area contributed by atoms with Crippen molar-refractivity contribution in [2.75, 3.05) is 0 Å². The smallest absolute Gasteiger partial charge is 0.0862 e. The Morgan fingerprint density at radius 2 is 1.56 bits per heavy atom. The summed E-state index contributed by atoms with van der Waals surface area (Å²) in [6, 6.07) is 0. The van der Waals surface area contributed by atoms with Crippen LogP contribution in [0.5, 0.6) is 0 Å². The first-order valence-electron chi connectivity index (χ1n) is 6.23. The maximum absolute atomic E-state index is 10.4. The van der Waals surface area contributed by atoms with Crippen LogP contribution in [-0.2, 0) is 0 Å². The Bertz CT molecular complexity index is 305. The van der Waals surface area contributed by atoms with Crippen LogP contribution in [0.25, 0.3) is 0 Å². The van der Waals surface area contributed by atoms with Gasteiger partial charge in [-0.3, -0.25) is 0 Å². The van der Waals surface area contributed by atoms with E-state index in [1.165, 1.54) is 5.57 Å². The van der Waals surface area contributed by atoms with E-state index in [-0.39, 0.29) is 0 Å². The van der Waals surface area contributed by atoms with Crippen LogP contribution in [-0.4, -0.2) is 10.7 Å². The molecule has 1 heteroatoms. The number of hydrogen-bond acceptors (Lipinski definition) is 1. The molecule has 1 unspecified atom stereocenters. The molecule has 16 heavy (non-hydrogen) atoms. The highest BCUT2D eigenvalue weighted by molar-refractivity contribution is 5.21. The molecule has 0 fully saturated rings. The van der Waals surface area contributed by atoms with Gasteiger partial charge in [0.1, 0.15) is 0 Å². The van der Waals surface area contributed by atoms with Crippen molar-refractivity contribution in [1.82, 2.24) is 0 Å². The monoisotopic (exact) mass is 220 g/mol. The first-order chi connectivity index (χ1) is 7.54. The second-order valence-electron chi connectivity index (χ2n) is 4.94. The third-order valence-electron chi connectivity index (χ3n) is 3.48. The second-order valence-corrected chi connectivity index (χ2v) is 4.94. The SMILES string of the molecule is C/C1=C(\C)C(C)(O)C/C=C\CC/C=C\CC1. The normalized spacial score (nSPS) is 37.2. The molecule has 1 aliphatic carbocycles. The van der Waals surface area contributed by atoms with Crippen molar-refractivity contribution in [1.29, 1.82) is 0 Å². The summed E-state index contributed by atoms with van der Waals surface area (Å²) in [7, 11) is 0. The molecule has 0 bridgehead atoms. The van der Waals surface area contributed by atoms with E-state index in [4.69, 9.17) is 0 Å². The van der Waals surface area contributed by atoms with Gasteiger partial charge in [0.2, 0.25) is 0 Å². The molecule has 1 nitrogen and oxygen atoms in total. The Morgan fingerprint density at radius 1 is 1.00 bits per heavy atom. The third kappa shape index (κ3) is 3.97. The Hall–Kier alpha value is -0.820. The Labute approximate surface area is 99.6 Å². The molecule has 90 valence electrons. The molecule has 1 rings (SSSR count). The summed E-state index contributed by atoms with van der Waals surface area (Å²) >= 11 is 0. The molecule has 0 amide bonds. The summed E-state index contributed by atoms with van der Waals surface area (Å²) in [5.41, 5.74) is 1.78. The van der Waals surface area contributed by atoms with Crippen LogP contribution in [0.1, 0.15) is 52.9 Å². The van der Waals surface area contributed by atoms with Gasteiger partial charge < -0.3 is 5.11 Å². The molecule has 1 atom stereocenters. The zero-order valence-corrected chi connectivity index (χ0v) is 10.8. The van der Waals surface area contributed by atoms with E-state index in [2.05, 4.69) is 38.2 Å². The predicted molar refractivity (Wildman–Crippen MR) is 70.4 cm³/mol. The van der Waals surface area contributed by atoms with Gasteiger partial charge >= 0.3 is 0 Å². The lowest BCUT2D eigenvalue weighted by Crippen LogP contribution is -2.25. The average molecular weight is 220 g/mol. The number of hydrogen-bond donors (Lipinski definition) is 1. The van der Waals surface area contributed by atoms with Crippen molar-refractivity contribution in [3.05, 3.63) is 35.5 Å². The van der Waals surface area contributed by atoms with Crippen molar-refractivity contribution in [3.8, 4) is 0 Å². The molecule has 0 aromatic carbocycles. The van der Waals surface area contributed by atoms with Crippen LogP contribution >= 0.6 is 0 Å². The van der Waals surface area contributed by atoms with Crippen LogP contribution in [0.2, 0.25) is 0 Å². The number of aliphatic hydroxyl groups is 1. The molecule has 0 aromatic heterocycles. The summed E-state index contributed by atoms with van der Waals surface area (Å²) in [6.07, 6.45) is 13.8. The van der Waals surface area contributed by atoms with Gasteiger partial charge in [0, 0.05) is 0 Å². The fourth-order valence-electron chi connectivity index (χ4n) is 1.96. The number of allylic oxidation sites excluding steroid dienone is 4. The van der Waals surface area contributed by atoms with Crippen LogP contribution in [0.3, 0.4) is 0 Å². The minimum absolute atomic E-state index is 0.677. The maximum atomic E-state index is 10.4. The molecule has 0 saturated carbocycles. The van der Waals surface area contributed by atoms with Gasteiger partial charge in [-0.05, 0) is 58.4 Å². The molecular formula is C15H24O. The van der Waals surface area contributed by atoms with E-state index in [0.717, 1.165) is 37.7 Å². The summed E-state index contributed by atoms with van der Waals surface area (Å²) in [4.78, 5) is 0. The van der Waals surface area contributed by atoms with Crippen molar-refractivity contribution in [2.45, 2.75) is 58.5 Å². The zero-order chi connectivity index (χ0) is 12.0. The molecular weight excluding hydrogens is 196 g/mol. The van der Waals surface area contributed by atoms with E-state index in [0.29, 0.717) is 0 Å². The van der Waals surface area contributed by atoms with E-state index < -0.39 is 5.60 Å². The minimum atomic E-state index is -0.677. The zero-order valence-electron chi connectivity index (χ0n) is 10.8. The molecule has 0 aromatic rings. The standard InChI is InChI=1S/C15H24O/c1-13-11-9-7-5-4-6-8-10-12-15(3,16)14(13)2/h5,7-8,10,16H,4,6,9,11-12H2,1-3H3/b7-5-,10-8-,14-13-. The minimum Gasteiger partial charge on any atom is -0.385 e. The van der Waals surface area contributed by atoms with Gasteiger partial charge in [0.25, 0.3) is 0 Å². The van der Waals surface area contributed by atoms with Crippen LogP contribution < -0.4 is 0 Å². The summed E-state index contributed by atoms with van der Waals surface area (Å²) in [6.45, 7) is 6.10. The van der Waals surface area contributed by atoms with E-state index >= 15 is 0 Å². The first kappa shape index (κ1) is 13.2. The largest absolute Gasteiger partial charge is 0.385 e. The van der Waals surface area contributed by atoms with Crippen molar-refractivity contribution in [2.24, 2.45) is 0 Å². The van der Waals surface area contributed by atoms with E-state index in [1.54, 1.807) is 0 Å². The second kappa shape index (κ2) is 6.05. The molecule has 0 saturated heterocycles. The molecule has 0 heterocycles. The van der Waals surface area contributed by atoms with Gasteiger partial charge in [0.15, 0.2) is 0 Å². The summed E-state index contributed by atoms with van der Waals surface area (Å²) in [5.74, 6) is 0. The van der Waals surface area contributed by atoms with Gasteiger partial charge in [-0.1, -0.05) is 29.9 Å². The van der Waals surface area contributed by atoms with Gasteiger partial charge in [-0.2, -0.15) is 0 Å². The predicted octanol–water partition coefficient (Wildman–Crippen LogP) is 4.15. The fraction of sp³-hybridized carbons (Fsp3) is 0.600. The quantitative estimate of drug-likeness (QED) is 0.608. The topological polar surface area (TPSA) is 20.2 Å². The van der Waals surface area contributed by atoms with Crippen molar-refractivity contribution < 1.29 is 5.11 Å². The van der Waals surface area contributed by atoms with E-state index in [1.807, 2.05) is 6.92 Å². The highest BCUT2D eigenvalue weighted by Gasteiger charge is 2.22. The fourth-order valence-corrected chi connectivity index (χ4v) is 1.96. The lowest BCUT2D eigenvalue weighted by atomic mass is 9.88. The average Bonchev–Trinajstić information content (AvgIpc) is 2.24. The first-order valence-corrected chi connectivity index (χ1v) is 6.23. The molecule has 0 aliphatic heterocycles. The Morgan fingerprint density at radius 3 is 2.25 bits per heavy atom.